The highest BCUT2D eigenvalue weighted by Crippen LogP contribution is 2.26. The summed E-state index contributed by atoms with van der Waals surface area (Å²) in [6, 6.07) is 0. The first-order chi connectivity index (χ1) is 5.15. The summed E-state index contributed by atoms with van der Waals surface area (Å²) in [6.07, 6.45) is 5.61. The molecule has 0 aromatic carbocycles. The van der Waals surface area contributed by atoms with E-state index in [1.54, 1.807) is 0 Å². The molecule has 0 N–H and O–H groups in total. The number of hydrogen-bond acceptors (Lipinski definition) is 2. The van der Waals surface area contributed by atoms with Crippen molar-refractivity contribution in [1.82, 2.24) is 0 Å². The Balaban J connectivity index is 2.68. The SMILES string of the molecule is C#CC1CC(=O)OC(C)C1C. The van der Waals surface area contributed by atoms with E-state index in [9.17, 15) is 4.79 Å². The lowest BCUT2D eigenvalue weighted by atomic mass is 9.86. The average Bonchev–Trinajstić information content (AvgIpc) is 1.96. The topological polar surface area (TPSA) is 26.3 Å². The average molecular weight is 152 g/mol. The van der Waals surface area contributed by atoms with Crippen molar-refractivity contribution >= 4 is 5.97 Å². The predicted octanol–water partition coefficient (Wildman–Crippen LogP) is 1.21. The van der Waals surface area contributed by atoms with Crippen molar-refractivity contribution in [3.05, 3.63) is 0 Å². The highest BCUT2D eigenvalue weighted by atomic mass is 16.5. The lowest BCUT2D eigenvalue weighted by molar-refractivity contribution is -0.158. The maximum Gasteiger partial charge on any atom is 0.307 e. The van der Waals surface area contributed by atoms with Gasteiger partial charge in [-0.1, -0.05) is 6.92 Å². The summed E-state index contributed by atoms with van der Waals surface area (Å²) in [4.78, 5) is 10.9. The van der Waals surface area contributed by atoms with E-state index in [-0.39, 0.29) is 23.9 Å². The van der Waals surface area contributed by atoms with Gasteiger partial charge in [0.05, 0.1) is 6.42 Å². The van der Waals surface area contributed by atoms with Crippen molar-refractivity contribution in [1.29, 1.82) is 0 Å². The standard InChI is InChI=1S/C9H12O2/c1-4-8-5-9(10)11-7(3)6(8)2/h1,6-8H,5H2,2-3H3. The minimum atomic E-state index is -0.168. The maximum atomic E-state index is 10.9. The highest BCUT2D eigenvalue weighted by Gasteiger charge is 2.31. The van der Waals surface area contributed by atoms with Crippen LogP contribution in [0.15, 0.2) is 0 Å². The number of rotatable bonds is 0. The molecule has 1 saturated heterocycles. The summed E-state index contributed by atoms with van der Waals surface area (Å²) < 4.78 is 5.00. The summed E-state index contributed by atoms with van der Waals surface area (Å²) in [5.74, 6) is 2.80. The summed E-state index contributed by atoms with van der Waals surface area (Å²) in [5, 5.41) is 0. The molecule has 1 heterocycles. The Labute approximate surface area is 66.9 Å². The molecular formula is C9H12O2. The number of carbonyl (C=O) groups excluding carboxylic acids is 1. The first-order valence-electron chi connectivity index (χ1n) is 3.80. The van der Waals surface area contributed by atoms with Gasteiger partial charge in [0.2, 0.25) is 0 Å². The van der Waals surface area contributed by atoms with E-state index in [2.05, 4.69) is 5.92 Å². The fraction of sp³-hybridized carbons (Fsp3) is 0.667. The van der Waals surface area contributed by atoms with Crippen LogP contribution in [0.25, 0.3) is 0 Å². The molecule has 0 spiro atoms. The zero-order valence-electron chi connectivity index (χ0n) is 6.83. The lowest BCUT2D eigenvalue weighted by Crippen LogP contribution is -2.34. The molecule has 3 unspecified atom stereocenters. The van der Waals surface area contributed by atoms with Gasteiger partial charge >= 0.3 is 5.97 Å². The first kappa shape index (κ1) is 8.13. The second-order valence-electron chi connectivity index (χ2n) is 3.03. The van der Waals surface area contributed by atoms with Gasteiger partial charge in [0, 0.05) is 11.8 Å². The number of ether oxygens (including phenoxy) is 1. The van der Waals surface area contributed by atoms with Crippen LogP contribution in [0.1, 0.15) is 20.3 Å². The van der Waals surface area contributed by atoms with Crippen molar-refractivity contribution in [2.45, 2.75) is 26.4 Å². The molecule has 0 radical (unpaired) electrons. The maximum absolute atomic E-state index is 10.9. The zero-order valence-corrected chi connectivity index (χ0v) is 6.83. The molecule has 2 nitrogen and oxygen atoms in total. The Morgan fingerprint density at radius 3 is 2.82 bits per heavy atom. The van der Waals surface area contributed by atoms with Crippen molar-refractivity contribution in [3.8, 4) is 12.3 Å². The third kappa shape index (κ3) is 1.54. The Morgan fingerprint density at radius 2 is 2.27 bits per heavy atom. The number of esters is 1. The van der Waals surface area contributed by atoms with E-state index < -0.39 is 0 Å². The second kappa shape index (κ2) is 2.96. The van der Waals surface area contributed by atoms with Gasteiger partial charge in [0.15, 0.2) is 0 Å². The molecular weight excluding hydrogens is 140 g/mol. The van der Waals surface area contributed by atoms with Crippen LogP contribution >= 0.6 is 0 Å². The van der Waals surface area contributed by atoms with Crippen LogP contribution in [0.2, 0.25) is 0 Å². The van der Waals surface area contributed by atoms with Gasteiger partial charge in [0.1, 0.15) is 6.10 Å². The van der Waals surface area contributed by atoms with E-state index >= 15 is 0 Å². The molecule has 0 saturated carbocycles. The molecule has 0 amide bonds. The number of cyclic esters (lactones) is 1. The van der Waals surface area contributed by atoms with E-state index in [0.717, 1.165) is 0 Å². The van der Waals surface area contributed by atoms with Crippen LogP contribution < -0.4 is 0 Å². The van der Waals surface area contributed by atoms with E-state index in [0.29, 0.717) is 6.42 Å². The van der Waals surface area contributed by atoms with Gasteiger partial charge in [-0.2, -0.15) is 0 Å². The van der Waals surface area contributed by atoms with Crippen molar-refractivity contribution in [2.24, 2.45) is 11.8 Å². The fourth-order valence-electron chi connectivity index (χ4n) is 1.27. The van der Waals surface area contributed by atoms with Crippen LogP contribution in [0, 0.1) is 24.2 Å². The molecule has 1 aliphatic rings. The van der Waals surface area contributed by atoms with Crippen LogP contribution in [-0.4, -0.2) is 12.1 Å². The van der Waals surface area contributed by atoms with Crippen molar-refractivity contribution in [3.63, 3.8) is 0 Å². The Morgan fingerprint density at radius 1 is 1.64 bits per heavy atom. The summed E-state index contributed by atoms with van der Waals surface area (Å²) in [7, 11) is 0. The lowest BCUT2D eigenvalue weighted by Gasteiger charge is -2.30. The Bertz CT molecular complexity index is 202. The molecule has 1 aliphatic heterocycles. The molecule has 11 heavy (non-hydrogen) atoms. The third-order valence-corrected chi connectivity index (χ3v) is 2.29. The predicted molar refractivity (Wildman–Crippen MR) is 41.7 cm³/mol. The van der Waals surface area contributed by atoms with Crippen LogP contribution in [-0.2, 0) is 9.53 Å². The highest BCUT2D eigenvalue weighted by molar-refractivity contribution is 5.71. The fourth-order valence-corrected chi connectivity index (χ4v) is 1.27. The molecule has 0 bridgehead atoms. The zero-order chi connectivity index (χ0) is 8.43. The molecule has 0 aliphatic carbocycles. The summed E-state index contributed by atoms with van der Waals surface area (Å²) >= 11 is 0. The number of terminal acetylenes is 1. The minimum Gasteiger partial charge on any atom is -0.462 e. The van der Waals surface area contributed by atoms with Gasteiger partial charge in [-0.25, -0.2) is 0 Å². The van der Waals surface area contributed by atoms with Crippen molar-refractivity contribution in [2.75, 3.05) is 0 Å². The largest absolute Gasteiger partial charge is 0.462 e. The third-order valence-electron chi connectivity index (χ3n) is 2.29. The van der Waals surface area contributed by atoms with Crippen LogP contribution in [0.3, 0.4) is 0 Å². The molecule has 0 aromatic rings. The molecule has 2 heteroatoms. The van der Waals surface area contributed by atoms with E-state index in [4.69, 9.17) is 11.2 Å². The van der Waals surface area contributed by atoms with Gasteiger partial charge in [-0.05, 0) is 6.92 Å². The first-order valence-corrected chi connectivity index (χ1v) is 3.80. The summed E-state index contributed by atoms with van der Waals surface area (Å²) in [6.45, 7) is 3.90. The second-order valence-corrected chi connectivity index (χ2v) is 3.03. The van der Waals surface area contributed by atoms with E-state index in [1.165, 1.54) is 0 Å². The molecule has 1 fully saturated rings. The Kier molecular flexibility index (Phi) is 2.19. The molecule has 0 aromatic heterocycles. The number of hydrogen-bond donors (Lipinski definition) is 0. The monoisotopic (exact) mass is 152 g/mol. The van der Waals surface area contributed by atoms with E-state index in [1.807, 2.05) is 13.8 Å². The Hall–Kier alpha value is -0.970. The molecule has 1 rings (SSSR count). The normalized spacial score (nSPS) is 37.5. The van der Waals surface area contributed by atoms with Gasteiger partial charge in [0.25, 0.3) is 0 Å². The van der Waals surface area contributed by atoms with Crippen LogP contribution in [0.5, 0.6) is 0 Å². The van der Waals surface area contributed by atoms with Crippen LogP contribution in [0.4, 0.5) is 0 Å². The smallest absolute Gasteiger partial charge is 0.307 e. The molecule has 60 valence electrons. The van der Waals surface area contributed by atoms with Gasteiger partial charge in [-0.3, -0.25) is 4.79 Å². The molecule has 3 atom stereocenters. The minimum absolute atomic E-state index is 0.0303. The quantitative estimate of drug-likeness (QED) is 0.385. The summed E-state index contributed by atoms with van der Waals surface area (Å²) in [5.41, 5.74) is 0. The number of carbonyl (C=O) groups is 1. The van der Waals surface area contributed by atoms with Crippen molar-refractivity contribution < 1.29 is 9.53 Å². The van der Waals surface area contributed by atoms with Gasteiger partial charge < -0.3 is 4.74 Å². The van der Waals surface area contributed by atoms with Gasteiger partial charge in [-0.15, -0.1) is 12.3 Å².